The molecule has 0 aliphatic heterocycles. The topological polar surface area (TPSA) is 29.5 Å². The molecule has 106 valence electrons. The number of aryl methyl sites for hydroxylation is 1. The Labute approximate surface area is 122 Å². The van der Waals surface area contributed by atoms with E-state index < -0.39 is 6.10 Å². The first kappa shape index (κ1) is 14.8. The molecule has 0 saturated carbocycles. The van der Waals surface area contributed by atoms with E-state index in [0.29, 0.717) is 17.2 Å². The number of aliphatic hydroxyl groups is 1. The molecule has 0 saturated heterocycles. The average Bonchev–Trinajstić information content (AvgIpc) is 2.41. The lowest BCUT2D eigenvalue weighted by molar-refractivity contribution is 0.107. The number of hydrogen-bond acceptors (Lipinski definition) is 2. The van der Waals surface area contributed by atoms with Crippen LogP contribution >= 0.6 is 11.6 Å². The molecular weight excluding hydrogens is 279 g/mol. The normalized spacial score (nSPS) is 12.2. The van der Waals surface area contributed by atoms with Crippen LogP contribution in [0.2, 0.25) is 5.02 Å². The fraction of sp³-hybridized carbons (Fsp3) is 0.250. The zero-order valence-corrected chi connectivity index (χ0v) is 11.9. The Kier molecular flexibility index (Phi) is 4.99. The molecule has 0 aliphatic rings. The molecule has 2 rings (SSSR count). The minimum atomic E-state index is -0.644. The first-order valence-electron chi connectivity index (χ1n) is 6.36. The molecule has 1 unspecified atom stereocenters. The maximum Gasteiger partial charge on any atom is 0.123 e. The second kappa shape index (κ2) is 6.73. The predicted molar refractivity (Wildman–Crippen MR) is 77.8 cm³/mol. The fourth-order valence-corrected chi connectivity index (χ4v) is 2.05. The third kappa shape index (κ3) is 4.22. The lowest BCUT2D eigenvalue weighted by atomic mass is 10.0. The average molecular weight is 295 g/mol. The van der Waals surface area contributed by atoms with Crippen LogP contribution in [0.25, 0.3) is 0 Å². The summed E-state index contributed by atoms with van der Waals surface area (Å²) in [5, 5.41) is 10.6. The lowest BCUT2D eigenvalue weighted by Gasteiger charge is -2.14. The van der Waals surface area contributed by atoms with Gasteiger partial charge < -0.3 is 9.84 Å². The van der Waals surface area contributed by atoms with Gasteiger partial charge in [-0.15, -0.1) is 0 Å². The molecule has 2 nitrogen and oxygen atoms in total. The van der Waals surface area contributed by atoms with Crippen LogP contribution in [0, 0.1) is 12.7 Å². The molecule has 0 heterocycles. The van der Waals surface area contributed by atoms with Crippen molar-refractivity contribution in [3.05, 3.63) is 64.4 Å². The quantitative estimate of drug-likeness (QED) is 0.909. The Morgan fingerprint density at radius 2 is 1.90 bits per heavy atom. The highest BCUT2D eigenvalue weighted by molar-refractivity contribution is 6.30. The van der Waals surface area contributed by atoms with Gasteiger partial charge in [-0.3, -0.25) is 0 Å². The number of aliphatic hydroxyl groups excluding tert-OH is 1. The number of halogens is 2. The van der Waals surface area contributed by atoms with Gasteiger partial charge in [-0.1, -0.05) is 17.7 Å². The largest absolute Gasteiger partial charge is 0.491 e. The van der Waals surface area contributed by atoms with E-state index >= 15 is 0 Å². The molecule has 0 fully saturated rings. The maximum atomic E-state index is 13.0. The first-order valence-corrected chi connectivity index (χ1v) is 6.74. The second-order valence-corrected chi connectivity index (χ2v) is 5.13. The van der Waals surface area contributed by atoms with Crippen LogP contribution < -0.4 is 4.74 Å². The van der Waals surface area contributed by atoms with Crippen molar-refractivity contribution in [2.24, 2.45) is 0 Å². The van der Waals surface area contributed by atoms with E-state index in [-0.39, 0.29) is 12.4 Å². The smallest absolute Gasteiger partial charge is 0.123 e. The van der Waals surface area contributed by atoms with Gasteiger partial charge >= 0.3 is 0 Å². The Morgan fingerprint density at radius 3 is 2.55 bits per heavy atom. The molecule has 2 aromatic rings. The third-order valence-electron chi connectivity index (χ3n) is 3.02. The molecule has 0 spiro atoms. The first-order chi connectivity index (χ1) is 9.54. The van der Waals surface area contributed by atoms with Gasteiger partial charge in [0.15, 0.2) is 0 Å². The molecule has 4 heteroatoms. The van der Waals surface area contributed by atoms with Crippen LogP contribution in [0.4, 0.5) is 4.39 Å². The monoisotopic (exact) mass is 294 g/mol. The van der Waals surface area contributed by atoms with Crippen LogP contribution in [0.15, 0.2) is 42.5 Å². The highest BCUT2D eigenvalue weighted by Crippen LogP contribution is 2.17. The van der Waals surface area contributed by atoms with Crippen molar-refractivity contribution < 1.29 is 14.2 Å². The number of hydrogen-bond donors (Lipinski definition) is 1. The van der Waals surface area contributed by atoms with Crippen molar-refractivity contribution in [3.8, 4) is 5.75 Å². The molecule has 0 bridgehead atoms. The molecule has 20 heavy (non-hydrogen) atoms. The van der Waals surface area contributed by atoms with Gasteiger partial charge in [-0.05, 0) is 54.4 Å². The Bertz CT molecular complexity index is 569. The molecule has 0 aliphatic carbocycles. The number of ether oxygens (including phenoxy) is 1. The Morgan fingerprint density at radius 1 is 1.20 bits per heavy atom. The number of rotatable bonds is 5. The molecule has 2 aromatic carbocycles. The van der Waals surface area contributed by atoms with E-state index in [1.54, 1.807) is 30.3 Å². The molecule has 1 atom stereocenters. The summed E-state index contributed by atoms with van der Waals surface area (Å²) < 4.78 is 18.5. The Balaban J connectivity index is 1.89. The van der Waals surface area contributed by atoms with Gasteiger partial charge in [-0.2, -0.15) is 0 Å². The summed E-state index contributed by atoms with van der Waals surface area (Å²) >= 11 is 5.78. The summed E-state index contributed by atoms with van der Waals surface area (Å²) in [6.07, 6.45) is -0.213. The van der Waals surface area contributed by atoms with Crippen molar-refractivity contribution in [1.29, 1.82) is 0 Å². The standard InChI is InChI=1S/C16H16ClFO2/c1-11-8-14(18)5-2-12(11)9-15(19)10-20-16-6-3-13(17)4-7-16/h2-8,15,19H,9-10H2,1H3. The molecule has 0 radical (unpaired) electrons. The van der Waals surface area contributed by atoms with Gasteiger partial charge in [0, 0.05) is 11.4 Å². The third-order valence-corrected chi connectivity index (χ3v) is 3.27. The van der Waals surface area contributed by atoms with Gasteiger partial charge in [0.1, 0.15) is 18.2 Å². The summed E-state index contributed by atoms with van der Waals surface area (Å²) in [4.78, 5) is 0. The lowest BCUT2D eigenvalue weighted by Crippen LogP contribution is -2.20. The molecule has 0 aromatic heterocycles. The van der Waals surface area contributed by atoms with Gasteiger partial charge in [0.05, 0.1) is 6.10 Å². The zero-order chi connectivity index (χ0) is 14.5. The van der Waals surface area contributed by atoms with Crippen molar-refractivity contribution in [2.75, 3.05) is 6.61 Å². The molecule has 1 N–H and O–H groups in total. The zero-order valence-electron chi connectivity index (χ0n) is 11.1. The molecular formula is C16H16ClFO2. The minimum absolute atomic E-state index is 0.179. The van der Waals surface area contributed by atoms with E-state index in [1.807, 2.05) is 6.92 Å². The van der Waals surface area contributed by atoms with E-state index in [1.165, 1.54) is 12.1 Å². The van der Waals surface area contributed by atoms with Crippen LogP contribution in [0.3, 0.4) is 0 Å². The summed E-state index contributed by atoms with van der Waals surface area (Å²) in [6, 6.07) is 11.5. The van der Waals surface area contributed by atoms with E-state index in [0.717, 1.165) is 11.1 Å². The van der Waals surface area contributed by atoms with Crippen molar-refractivity contribution >= 4 is 11.6 Å². The van der Waals surface area contributed by atoms with Gasteiger partial charge in [0.2, 0.25) is 0 Å². The van der Waals surface area contributed by atoms with Gasteiger partial charge in [0.25, 0.3) is 0 Å². The SMILES string of the molecule is Cc1cc(F)ccc1CC(O)COc1ccc(Cl)cc1. The maximum absolute atomic E-state index is 13.0. The van der Waals surface area contributed by atoms with Gasteiger partial charge in [-0.25, -0.2) is 4.39 Å². The fourth-order valence-electron chi connectivity index (χ4n) is 1.92. The Hall–Kier alpha value is -1.58. The molecule has 0 amide bonds. The summed E-state index contributed by atoms with van der Waals surface area (Å²) in [5.41, 5.74) is 1.74. The summed E-state index contributed by atoms with van der Waals surface area (Å²) in [5.74, 6) is 0.391. The summed E-state index contributed by atoms with van der Waals surface area (Å²) in [6.45, 7) is 2.00. The highest BCUT2D eigenvalue weighted by Gasteiger charge is 2.09. The van der Waals surface area contributed by atoms with Crippen LogP contribution in [0.1, 0.15) is 11.1 Å². The van der Waals surface area contributed by atoms with E-state index in [4.69, 9.17) is 16.3 Å². The van der Waals surface area contributed by atoms with Crippen LogP contribution in [-0.2, 0) is 6.42 Å². The number of benzene rings is 2. The second-order valence-electron chi connectivity index (χ2n) is 4.69. The predicted octanol–water partition coefficient (Wildman–Crippen LogP) is 3.77. The van der Waals surface area contributed by atoms with E-state index in [9.17, 15) is 9.50 Å². The summed E-state index contributed by atoms with van der Waals surface area (Å²) in [7, 11) is 0. The minimum Gasteiger partial charge on any atom is -0.491 e. The van der Waals surface area contributed by atoms with Crippen LogP contribution in [-0.4, -0.2) is 17.8 Å². The van der Waals surface area contributed by atoms with Crippen molar-refractivity contribution in [3.63, 3.8) is 0 Å². The highest BCUT2D eigenvalue weighted by atomic mass is 35.5. The van der Waals surface area contributed by atoms with Crippen molar-refractivity contribution in [1.82, 2.24) is 0 Å². The van der Waals surface area contributed by atoms with Crippen molar-refractivity contribution in [2.45, 2.75) is 19.4 Å². The van der Waals surface area contributed by atoms with E-state index in [2.05, 4.69) is 0 Å². The van der Waals surface area contributed by atoms with Crippen LogP contribution in [0.5, 0.6) is 5.75 Å².